The highest BCUT2D eigenvalue weighted by molar-refractivity contribution is 5.90. The van der Waals surface area contributed by atoms with Crippen molar-refractivity contribution in [2.75, 3.05) is 0 Å². The third-order valence-electron chi connectivity index (χ3n) is 4.35. The van der Waals surface area contributed by atoms with E-state index in [0.29, 0.717) is 12.8 Å². The first-order chi connectivity index (χ1) is 13.2. The van der Waals surface area contributed by atoms with Crippen LogP contribution in [-0.2, 0) is 22.4 Å². The van der Waals surface area contributed by atoms with Crippen molar-refractivity contribution in [2.45, 2.75) is 44.9 Å². The first-order valence-corrected chi connectivity index (χ1v) is 9.70. The minimum atomic E-state index is 0.172. The van der Waals surface area contributed by atoms with Gasteiger partial charge in [-0.05, 0) is 55.4 Å². The molecule has 0 N–H and O–H groups in total. The van der Waals surface area contributed by atoms with Crippen LogP contribution in [0.1, 0.15) is 43.2 Å². The third kappa shape index (κ3) is 9.50. The lowest BCUT2D eigenvalue weighted by atomic mass is 10.1. The molecule has 2 rings (SSSR count). The Morgan fingerprint density at radius 3 is 1.44 bits per heavy atom. The second-order valence-corrected chi connectivity index (χ2v) is 6.64. The van der Waals surface area contributed by atoms with Gasteiger partial charge in [-0.25, -0.2) is 0 Å². The zero-order chi connectivity index (χ0) is 19.2. The van der Waals surface area contributed by atoms with Gasteiger partial charge in [-0.3, -0.25) is 9.59 Å². The maximum absolute atomic E-state index is 11.8. The maximum atomic E-state index is 11.8. The number of carbonyl (C=O) groups excluding carboxylic acids is 2. The number of benzene rings is 2. The number of carbonyl (C=O) groups is 2. The molecule has 2 nitrogen and oxygen atoms in total. The lowest BCUT2D eigenvalue weighted by Crippen LogP contribution is -1.96. The van der Waals surface area contributed by atoms with E-state index in [-0.39, 0.29) is 11.6 Å². The average Bonchev–Trinajstić information content (AvgIpc) is 2.71. The molecule has 0 unspecified atom stereocenters. The second-order valence-electron chi connectivity index (χ2n) is 6.64. The summed E-state index contributed by atoms with van der Waals surface area (Å²) in [5.74, 6) is 0.343. The van der Waals surface area contributed by atoms with Crippen molar-refractivity contribution in [2.24, 2.45) is 0 Å². The van der Waals surface area contributed by atoms with E-state index in [1.165, 1.54) is 11.1 Å². The zero-order valence-corrected chi connectivity index (χ0v) is 15.8. The summed E-state index contributed by atoms with van der Waals surface area (Å²) in [7, 11) is 0. The normalized spacial score (nSPS) is 11.3. The fourth-order valence-electron chi connectivity index (χ4n) is 2.77. The fourth-order valence-corrected chi connectivity index (χ4v) is 2.77. The number of rotatable bonds is 12. The van der Waals surface area contributed by atoms with Crippen molar-refractivity contribution in [1.29, 1.82) is 0 Å². The molecular formula is C25H28O2. The van der Waals surface area contributed by atoms with Gasteiger partial charge >= 0.3 is 0 Å². The summed E-state index contributed by atoms with van der Waals surface area (Å²) < 4.78 is 0. The third-order valence-corrected chi connectivity index (χ3v) is 4.35. The van der Waals surface area contributed by atoms with Crippen LogP contribution in [-0.4, -0.2) is 11.6 Å². The molecule has 0 aromatic heterocycles. The van der Waals surface area contributed by atoms with Gasteiger partial charge in [-0.2, -0.15) is 0 Å². The maximum Gasteiger partial charge on any atom is 0.155 e. The Kier molecular flexibility index (Phi) is 9.59. The number of hydrogen-bond acceptors (Lipinski definition) is 2. The van der Waals surface area contributed by atoms with Crippen molar-refractivity contribution in [3.8, 4) is 0 Å². The molecule has 0 aliphatic heterocycles. The Hall–Kier alpha value is -2.74. The lowest BCUT2D eigenvalue weighted by Gasteiger charge is -1.98. The summed E-state index contributed by atoms with van der Waals surface area (Å²) in [4.78, 5) is 23.7. The predicted molar refractivity (Wildman–Crippen MR) is 112 cm³/mol. The predicted octanol–water partition coefficient (Wildman–Crippen LogP) is 5.67. The molecule has 0 fully saturated rings. The van der Waals surface area contributed by atoms with Gasteiger partial charge in [0, 0.05) is 12.8 Å². The van der Waals surface area contributed by atoms with Gasteiger partial charge in [0.1, 0.15) is 0 Å². The molecule has 0 radical (unpaired) electrons. The average molecular weight is 360 g/mol. The summed E-state index contributed by atoms with van der Waals surface area (Å²) in [5, 5.41) is 0. The van der Waals surface area contributed by atoms with Crippen molar-refractivity contribution in [1.82, 2.24) is 0 Å². The van der Waals surface area contributed by atoms with Crippen LogP contribution in [0.5, 0.6) is 0 Å². The standard InChI is InChI=1S/C25H28O2/c26-24(20-18-22-12-6-4-7-13-22)16-10-2-1-3-11-17-25(27)21-19-23-14-8-5-9-15-23/h4-17H,1-3,18-21H2/b16-10+,17-11+. The number of ketones is 2. The molecule has 0 atom stereocenters. The van der Waals surface area contributed by atoms with E-state index in [9.17, 15) is 9.59 Å². The summed E-state index contributed by atoms with van der Waals surface area (Å²) in [6, 6.07) is 20.1. The van der Waals surface area contributed by atoms with Crippen molar-refractivity contribution >= 4 is 11.6 Å². The van der Waals surface area contributed by atoms with E-state index in [2.05, 4.69) is 0 Å². The smallest absolute Gasteiger partial charge is 0.155 e. The van der Waals surface area contributed by atoms with Gasteiger partial charge in [0.15, 0.2) is 11.6 Å². The van der Waals surface area contributed by atoms with Crippen LogP contribution < -0.4 is 0 Å². The molecule has 0 bridgehead atoms. The van der Waals surface area contributed by atoms with E-state index in [1.807, 2.05) is 72.8 Å². The Bertz CT molecular complexity index is 677. The van der Waals surface area contributed by atoms with Crippen LogP contribution in [0, 0.1) is 0 Å². The number of allylic oxidation sites excluding steroid dienone is 4. The van der Waals surface area contributed by atoms with Crippen molar-refractivity contribution < 1.29 is 9.59 Å². The van der Waals surface area contributed by atoms with Gasteiger partial charge in [0.2, 0.25) is 0 Å². The summed E-state index contributed by atoms with van der Waals surface area (Å²) in [5.41, 5.74) is 2.39. The van der Waals surface area contributed by atoms with Gasteiger partial charge in [0.05, 0.1) is 0 Å². The molecular weight excluding hydrogens is 332 g/mol. The van der Waals surface area contributed by atoms with Crippen LogP contribution in [0.2, 0.25) is 0 Å². The molecule has 0 saturated carbocycles. The molecule has 0 saturated heterocycles. The molecule has 0 aliphatic carbocycles. The zero-order valence-electron chi connectivity index (χ0n) is 15.8. The first kappa shape index (κ1) is 20.6. The highest BCUT2D eigenvalue weighted by Crippen LogP contribution is 2.06. The minimum absolute atomic E-state index is 0.172. The van der Waals surface area contributed by atoms with E-state index in [4.69, 9.17) is 0 Å². The quantitative estimate of drug-likeness (QED) is 0.361. The van der Waals surface area contributed by atoms with Crippen LogP contribution >= 0.6 is 0 Å². The van der Waals surface area contributed by atoms with Crippen LogP contribution in [0.15, 0.2) is 85.0 Å². The van der Waals surface area contributed by atoms with Crippen LogP contribution in [0.3, 0.4) is 0 Å². The molecule has 2 aromatic carbocycles. The Balaban J connectivity index is 1.52. The number of aryl methyl sites for hydroxylation is 2. The number of hydrogen-bond donors (Lipinski definition) is 0. The molecule has 140 valence electrons. The molecule has 0 aliphatic rings. The van der Waals surface area contributed by atoms with E-state index in [0.717, 1.165) is 32.1 Å². The second kappa shape index (κ2) is 12.6. The van der Waals surface area contributed by atoms with Crippen molar-refractivity contribution in [3.05, 3.63) is 96.1 Å². The van der Waals surface area contributed by atoms with Gasteiger partial charge < -0.3 is 0 Å². The minimum Gasteiger partial charge on any atom is -0.295 e. The van der Waals surface area contributed by atoms with Gasteiger partial charge in [-0.1, -0.05) is 72.8 Å². The van der Waals surface area contributed by atoms with Gasteiger partial charge in [-0.15, -0.1) is 0 Å². The summed E-state index contributed by atoms with van der Waals surface area (Å²) in [6.45, 7) is 0. The molecule has 27 heavy (non-hydrogen) atoms. The Morgan fingerprint density at radius 2 is 1.04 bits per heavy atom. The highest BCUT2D eigenvalue weighted by atomic mass is 16.1. The fraction of sp³-hybridized carbons (Fsp3) is 0.280. The van der Waals surface area contributed by atoms with E-state index >= 15 is 0 Å². The summed E-state index contributed by atoms with van der Waals surface area (Å²) in [6.07, 6.45) is 12.6. The van der Waals surface area contributed by atoms with Gasteiger partial charge in [0.25, 0.3) is 0 Å². The largest absolute Gasteiger partial charge is 0.295 e. The molecule has 0 amide bonds. The number of unbranched alkanes of at least 4 members (excludes halogenated alkanes) is 2. The van der Waals surface area contributed by atoms with Crippen LogP contribution in [0.25, 0.3) is 0 Å². The molecule has 2 heteroatoms. The molecule has 2 aromatic rings. The van der Waals surface area contributed by atoms with E-state index < -0.39 is 0 Å². The highest BCUT2D eigenvalue weighted by Gasteiger charge is 1.99. The first-order valence-electron chi connectivity index (χ1n) is 9.70. The van der Waals surface area contributed by atoms with Crippen molar-refractivity contribution in [3.63, 3.8) is 0 Å². The Labute approximate surface area is 162 Å². The van der Waals surface area contributed by atoms with Crippen LogP contribution in [0.4, 0.5) is 0 Å². The van der Waals surface area contributed by atoms with E-state index in [1.54, 1.807) is 12.2 Å². The SMILES string of the molecule is O=C(/C=C/CCC/C=C/C(=O)CCc1ccccc1)CCc1ccccc1. The molecule has 0 heterocycles. The topological polar surface area (TPSA) is 34.1 Å². The molecule has 0 spiro atoms. The monoisotopic (exact) mass is 360 g/mol. The lowest BCUT2D eigenvalue weighted by molar-refractivity contribution is -0.115. The summed E-state index contributed by atoms with van der Waals surface area (Å²) >= 11 is 0. The Morgan fingerprint density at radius 1 is 0.630 bits per heavy atom.